The maximum Gasteiger partial charge on any atom is 0.348 e. The van der Waals surface area contributed by atoms with E-state index >= 15 is 0 Å². The molecule has 136 valence electrons. The van der Waals surface area contributed by atoms with Gasteiger partial charge in [0.25, 0.3) is 5.91 Å². The van der Waals surface area contributed by atoms with E-state index in [2.05, 4.69) is 5.32 Å². The van der Waals surface area contributed by atoms with Gasteiger partial charge in [-0.15, -0.1) is 11.3 Å². The number of carbonyl (C=O) groups excluding carboxylic acids is 3. The molecule has 6 nitrogen and oxygen atoms in total. The Kier molecular flexibility index (Phi) is 4.86. The number of esters is 1. The van der Waals surface area contributed by atoms with Crippen molar-refractivity contribution < 1.29 is 19.1 Å². The minimum absolute atomic E-state index is 0.00653. The van der Waals surface area contributed by atoms with Crippen LogP contribution in [0.1, 0.15) is 65.1 Å². The lowest BCUT2D eigenvalue weighted by molar-refractivity contribution is -0.121. The molecule has 0 aromatic carbocycles. The molecule has 2 bridgehead atoms. The molecule has 2 fully saturated rings. The standard InChI is InChI=1S/C18H24N2O4S/c1-8(2)24-18(23)14-9(3)13(15(19)21)17(25-14)20-16(22)12-7-10-4-5-11(12)6-10/h8,10-12H,4-7H2,1-3H3,(H2,19,21)(H,20,22)/t10-,11-,12+/m0/s1. The molecule has 0 unspecified atom stereocenters. The number of hydrogen-bond acceptors (Lipinski definition) is 5. The number of fused-ring (bicyclic) bond motifs is 2. The van der Waals surface area contributed by atoms with Crippen LogP contribution in [-0.4, -0.2) is 23.9 Å². The fourth-order valence-electron chi connectivity index (χ4n) is 4.13. The van der Waals surface area contributed by atoms with Crippen molar-refractivity contribution in [1.29, 1.82) is 0 Å². The number of thiophene rings is 1. The van der Waals surface area contributed by atoms with Gasteiger partial charge in [0.15, 0.2) is 0 Å². The van der Waals surface area contributed by atoms with E-state index in [4.69, 9.17) is 10.5 Å². The van der Waals surface area contributed by atoms with E-state index in [0.29, 0.717) is 27.3 Å². The zero-order valence-corrected chi connectivity index (χ0v) is 15.6. The summed E-state index contributed by atoms with van der Waals surface area (Å²) in [5.74, 6) is -0.139. The average Bonchev–Trinajstić information content (AvgIpc) is 3.20. The number of ether oxygens (including phenoxy) is 1. The fourth-order valence-corrected chi connectivity index (χ4v) is 5.23. The first-order valence-corrected chi connectivity index (χ1v) is 9.54. The SMILES string of the molecule is Cc1c(C(=O)OC(C)C)sc(NC(=O)[C@@H]2C[C@H]3CC[C@H]2C3)c1C(N)=O. The Labute approximate surface area is 151 Å². The van der Waals surface area contributed by atoms with Crippen LogP contribution in [0.2, 0.25) is 0 Å². The maximum absolute atomic E-state index is 12.7. The van der Waals surface area contributed by atoms with Crippen LogP contribution in [0.5, 0.6) is 0 Å². The smallest absolute Gasteiger partial charge is 0.348 e. The van der Waals surface area contributed by atoms with Crippen molar-refractivity contribution in [2.45, 2.75) is 52.6 Å². The Morgan fingerprint density at radius 3 is 2.48 bits per heavy atom. The molecule has 0 aliphatic heterocycles. The highest BCUT2D eigenvalue weighted by Crippen LogP contribution is 2.49. The summed E-state index contributed by atoms with van der Waals surface area (Å²) >= 11 is 1.06. The zero-order chi connectivity index (χ0) is 18.3. The summed E-state index contributed by atoms with van der Waals surface area (Å²) in [5.41, 5.74) is 6.15. The van der Waals surface area contributed by atoms with Gasteiger partial charge in [-0.05, 0) is 57.4 Å². The first-order valence-electron chi connectivity index (χ1n) is 8.73. The minimum Gasteiger partial charge on any atom is -0.459 e. The summed E-state index contributed by atoms with van der Waals surface area (Å²) in [6.07, 6.45) is 4.08. The van der Waals surface area contributed by atoms with Gasteiger partial charge in [0.1, 0.15) is 9.88 Å². The van der Waals surface area contributed by atoms with Gasteiger partial charge in [-0.25, -0.2) is 4.79 Å². The Morgan fingerprint density at radius 1 is 1.24 bits per heavy atom. The van der Waals surface area contributed by atoms with E-state index in [1.165, 1.54) is 6.42 Å². The van der Waals surface area contributed by atoms with Crippen molar-refractivity contribution in [1.82, 2.24) is 0 Å². The quantitative estimate of drug-likeness (QED) is 0.784. The normalized spacial score (nSPS) is 24.6. The van der Waals surface area contributed by atoms with E-state index in [9.17, 15) is 14.4 Å². The molecule has 2 aliphatic carbocycles. The van der Waals surface area contributed by atoms with E-state index in [0.717, 1.165) is 30.6 Å². The van der Waals surface area contributed by atoms with Crippen molar-refractivity contribution >= 4 is 34.1 Å². The molecular formula is C18H24N2O4S. The first kappa shape index (κ1) is 17.9. The molecule has 7 heteroatoms. The van der Waals surface area contributed by atoms with Gasteiger partial charge in [-0.3, -0.25) is 9.59 Å². The number of hydrogen-bond donors (Lipinski definition) is 2. The van der Waals surface area contributed by atoms with Crippen LogP contribution in [-0.2, 0) is 9.53 Å². The number of carbonyl (C=O) groups is 3. The van der Waals surface area contributed by atoms with Crippen molar-refractivity contribution in [2.75, 3.05) is 5.32 Å². The van der Waals surface area contributed by atoms with Crippen molar-refractivity contribution in [2.24, 2.45) is 23.5 Å². The van der Waals surface area contributed by atoms with Crippen molar-refractivity contribution in [3.05, 3.63) is 16.0 Å². The highest BCUT2D eigenvalue weighted by Gasteiger charge is 2.43. The van der Waals surface area contributed by atoms with Gasteiger partial charge >= 0.3 is 5.97 Å². The van der Waals surface area contributed by atoms with Gasteiger partial charge in [-0.1, -0.05) is 6.42 Å². The Hall–Kier alpha value is -1.89. The molecule has 2 aliphatic rings. The highest BCUT2D eigenvalue weighted by atomic mass is 32.1. The average molecular weight is 364 g/mol. The lowest BCUT2D eigenvalue weighted by atomic mass is 9.88. The van der Waals surface area contributed by atoms with Crippen LogP contribution < -0.4 is 11.1 Å². The largest absolute Gasteiger partial charge is 0.459 e. The monoisotopic (exact) mass is 364 g/mol. The third-order valence-corrected chi connectivity index (χ3v) is 6.42. The Bertz CT molecular complexity index is 725. The second kappa shape index (κ2) is 6.78. The number of primary amides is 1. The van der Waals surface area contributed by atoms with Crippen molar-refractivity contribution in [3.63, 3.8) is 0 Å². The Morgan fingerprint density at radius 2 is 1.96 bits per heavy atom. The zero-order valence-electron chi connectivity index (χ0n) is 14.8. The van der Waals surface area contributed by atoms with Gasteiger partial charge in [0.2, 0.25) is 5.91 Å². The van der Waals surface area contributed by atoms with Gasteiger partial charge in [-0.2, -0.15) is 0 Å². The van der Waals surface area contributed by atoms with Crippen LogP contribution in [0.15, 0.2) is 0 Å². The predicted octanol–water partition coefficient (Wildman–Crippen LogP) is 3.10. The number of rotatable bonds is 5. The van der Waals surface area contributed by atoms with Crippen LogP contribution in [0.25, 0.3) is 0 Å². The molecule has 3 atom stereocenters. The van der Waals surface area contributed by atoms with E-state index < -0.39 is 11.9 Å². The molecule has 25 heavy (non-hydrogen) atoms. The van der Waals surface area contributed by atoms with Crippen LogP contribution >= 0.6 is 11.3 Å². The third kappa shape index (κ3) is 3.42. The van der Waals surface area contributed by atoms with E-state index in [-0.39, 0.29) is 23.5 Å². The predicted molar refractivity (Wildman–Crippen MR) is 95.7 cm³/mol. The minimum atomic E-state index is -0.652. The van der Waals surface area contributed by atoms with Crippen LogP contribution in [0.3, 0.4) is 0 Å². The summed E-state index contributed by atoms with van der Waals surface area (Å²) in [7, 11) is 0. The Balaban J connectivity index is 1.83. The molecule has 2 amide bonds. The summed E-state index contributed by atoms with van der Waals surface area (Å²) in [6.45, 7) is 5.17. The summed E-state index contributed by atoms with van der Waals surface area (Å²) in [5, 5.41) is 3.21. The molecule has 0 radical (unpaired) electrons. The van der Waals surface area contributed by atoms with Gasteiger partial charge < -0.3 is 15.8 Å². The van der Waals surface area contributed by atoms with Crippen molar-refractivity contribution in [3.8, 4) is 0 Å². The van der Waals surface area contributed by atoms with Crippen LogP contribution in [0.4, 0.5) is 5.00 Å². The number of anilines is 1. The lowest BCUT2D eigenvalue weighted by Gasteiger charge is -2.20. The molecular weight excluding hydrogens is 340 g/mol. The summed E-state index contributed by atoms with van der Waals surface area (Å²) in [6, 6.07) is 0. The first-order chi connectivity index (χ1) is 11.8. The lowest BCUT2D eigenvalue weighted by Crippen LogP contribution is -2.27. The summed E-state index contributed by atoms with van der Waals surface area (Å²) < 4.78 is 5.22. The fraction of sp³-hybridized carbons (Fsp3) is 0.611. The summed E-state index contributed by atoms with van der Waals surface area (Å²) in [4.78, 5) is 37.1. The third-order valence-electron chi connectivity index (χ3n) is 5.23. The molecule has 3 rings (SSSR count). The maximum atomic E-state index is 12.7. The number of nitrogens with one attached hydrogen (secondary N) is 1. The van der Waals surface area contributed by atoms with Gasteiger partial charge in [0.05, 0.1) is 11.7 Å². The molecule has 1 aromatic rings. The molecule has 0 saturated heterocycles. The number of nitrogens with two attached hydrogens (primary N) is 1. The molecule has 0 spiro atoms. The molecule has 2 saturated carbocycles. The second-order valence-electron chi connectivity index (χ2n) is 7.35. The molecule has 1 aromatic heterocycles. The topological polar surface area (TPSA) is 98.5 Å². The van der Waals surface area contributed by atoms with Crippen LogP contribution in [0, 0.1) is 24.7 Å². The van der Waals surface area contributed by atoms with E-state index in [1.54, 1.807) is 20.8 Å². The molecule has 3 N–H and O–H groups in total. The highest BCUT2D eigenvalue weighted by molar-refractivity contribution is 7.18. The molecule has 1 heterocycles. The van der Waals surface area contributed by atoms with E-state index in [1.807, 2.05) is 0 Å². The number of amides is 2. The van der Waals surface area contributed by atoms with Gasteiger partial charge in [0, 0.05) is 5.92 Å². The second-order valence-corrected chi connectivity index (χ2v) is 8.37.